The van der Waals surface area contributed by atoms with E-state index in [9.17, 15) is 5.11 Å². The summed E-state index contributed by atoms with van der Waals surface area (Å²) in [5.74, 6) is 0.442. The van der Waals surface area contributed by atoms with Gasteiger partial charge in [0.2, 0.25) is 5.82 Å². The second-order valence-corrected chi connectivity index (χ2v) is 16.8. The van der Waals surface area contributed by atoms with E-state index in [1.165, 1.54) is 44.5 Å². The maximum atomic E-state index is 12.4. The van der Waals surface area contributed by atoms with Crippen LogP contribution >= 0.6 is 23.2 Å². The zero-order valence-electron chi connectivity index (χ0n) is 32.6. The largest absolute Gasteiger partial charge is 0.505 e. The Labute approximate surface area is 332 Å². The Morgan fingerprint density at radius 2 is 1.11 bits per heavy atom. The van der Waals surface area contributed by atoms with Crippen molar-refractivity contribution in [3.05, 3.63) is 140 Å². The first kappa shape index (κ1) is 36.6. The molecule has 55 heavy (non-hydrogen) atoms. The minimum Gasteiger partial charge on any atom is -0.505 e. The first-order valence-electron chi connectivity index (χ1n) is 18.5. The molecule has 0 saturated carbocycles. The number of aromatic nitrogens is 3. The molecule has 2 aromatic heterocycles. The number of phenolic OH excluding ortho intramolecular Hbond substituents is 1. The van der Waals surface area contributed by atoms with Gasteiger partial charge in [0, 0.05) is 10.8 Å². The highest BCUT2D eigenvalue weighted by molar-refractivity contribution is 6.38. The first-order chi connectivity index (χ1) is 26.1. The van der Waals surface area contributed by atoms with Crippen LogP contribution < -0.4 is 0 Å². The molecule has 0 amide bonds. The molecule has 0 bridgehead atoms. The Hall–Kier alpha value is -5.36. The molecule has 0 unspecified atom stereocenters. The smallest absolute Gasteiger partial charge is 0.261 e. The van der Waals surface area contributed by atoms with Crippen LogP contribution in [0.15, 0.2) is 95.5 Å². The fraction of sp³-hybridized carbons (Fsp3) is 0.208. The molecule has 0 aliphatic heterocycles. The van der Waals surface area contributed by atoms with Crippen molar-refractivity contribution >= 4 is 45.0 Å². The molecule has 0 aliphatic rings. The van der Waals surface area contributed by atoms with E-state index in [1.54, 1.807) is 18.2 Å². The highest BCUT2D eigenvalue weighted by Gasteiger charge is 2.26. The molecule has 276 valence electrons. The van der Waals surface area contributed by atoms with E-state index in [2.05, 4.69) is 139 Å². The molecule has 5 nitrogen and oxygen atoms in total. The predicted molar refractivity (Wildman–Crippen MR) is 229 cm³/mol. The molecule has 0 radical (unpaired) electrons. The minimum absolute atomic E-state index is 0.0352. The third kappa shape index (κ3) is 6.30. The summed E-state index contributed by atoms with van der Waals surface area (Å²) >= 11 is 13.0. The number of nitrogens with zero attached hydrogens (tertiary/aromatic N) is 3. The number of aromatic hydroxyl groups is 1. The van der Waals surface area contributed by atoms with E-state index < -0.39 is 0 Å². The Morgan fingerprint density at radius 1 is 0.618 bits per heavy atom. The number of aryl methyl sites for hydroxylation is 6. The molecule has 0 fully saturated rings. The molecule has 2 heterocycles. The number of fused-ring (bicyclic) bond motifs is 3. The monoisotopic (exact) mass is 763 g/mol. The Bertz CT molecular complexity index is 2670. The maximum Gasteiger partial charge on any atom is 0.261 e. The minimum atomic E-state index is -0.282. The fourth-order valence-electron chi connectivity index (χ4n) is 8.39. The van der Waals surface area contributed by atoms with E-state index >= 15 is 0 Å². The number of hydrogen-bond acceptors (Lipinski definition) is 4. The van der Waals surface area contributed by atoms with Crippen molar-refractivity contribution < 1.29 is 9.63 Å². The number of benzene rings is 6. The van der Waals surface area contributed by atoms with Gasteiger partial charge in [0.15, 0.2) is 5.75 Å². The highest BCUT2D eigenvalue weighted by Crippen LogP contribution is 2.45. The number of phenols is 1. The van der Waals surface area contributed by atoms with Crippen LogP contribution in [0, 0.1) is 41.5 Å². The summed E-state index contributed by atoms with van der Waals surface area (Å²) in [5, 5.41) is 19.7. The third-order valence-corrected chi connectivity index (χ3v) is 11.4. The summed E-state index contributed by atoms with van der Waals surface area (Å²) in [7, 11) is 0. The van der Waals surface area contributed by atoms with Crippen LogP contribution in [0.3, 0.4) is 0 Å². The molecular weight excluding hydrogens is 721 g/mol. The lowest BCUT2D eigenvalue weighted by molar-refractivity contribution is 0.431. The molecular formula is C48H43Cl2N3O2. The van der Waals surface area contributed by atoms with E-state index in [-0.39, 0.29) is 22.9 Å². The topological polar surface area (TPSA) is 64.1 Å². The standard InChI is InChI=1S/C48H43Cl2N3O2/c1-25-17-27(3)42(28(4)18-25)31-13-15-39-34(21-31)35-22-32(43-29(5)19-26(2)20-30(43)6)14-16-40(35)53(39)41-24-33(48(7,8)9)23-36(45(41)54)46-51-47(55-52-46)44-37(49)11-10-12-38(44)50/h10-24,54H,1-9H3. The summed E-state index contributed by atoms with van der Waals surface area (Å²) in [4.78, 5) is 4.72. The van der Waals surface area contributed by atoms with Crippen LogP contribution in [0.25, 0.3) is 72.6 Å². The second kappa shape index (κ2) is 13.4. The van der Waals surface area contributed by atoms with Crippen LogP contribution in [-0.4, -0.2) is 19.8 Å². The summed E-state index contributed by atoms with van der Waals surface area (Å²) < 4.78 is 7.90. The number of halogens is 2. The lowest BCUT2D eigenvalue weighted by Gasteiger charge is -2.23. The maximum absolute atomic E-state index is 12.4. The molecule has 1 N–H and O–H groups in total. The number of hydrogen-bond donors (Lipinski definition) is 1. The van der Waals surface area contributed by atoms with E-state index in [1.807, 2.05) is 6.07 Å². The molecule has 7 heteroatoms. The van der Waals surface area contributed by atoms with E-state index in [0.717, 1.165) is 38.5 Å². The molecule has 0 saturated heterocycles. The molecule has 8 rings (SSSR count). The molecule has 8 aromatic rings. The van der Waals surface area contributed by atoms with Crippen molar-refractivity contribution in [1.82, 2.24) is 14.7 Å². The van der Waals surface area contributed by atoms with E-state index in [4.69, 9.17) is 32.7 Å². The average molecular weight is 765 g/mol. The molecule has 0 spiro atoms. The van der Waals surface area contributed by atoms with Gasteiger partial charge in [-0.15, -0.1) is 0 Å². The Morgan fingerprint density at radius 3 is 1.58 bits per heavy atom. The summed E-state index contributed by atoms with van der Waals surface area (Å²) in [6, 6.07) is 31.6. The quantitative estimate of drug-likeness (QED) is 0.190. The van der Waals surface area contributed by atoms with Crippen LogP contribution in [0.2, 0.25) is 10.0 Å². The third-order valence-electron chi connectivity index (χ3n) is 10.7. The van der Waals surface area contributed by atoms with E-state index in [0.29, 0.717) is 26.9 Å². The molecule has 6 aromatic carbocycles. The lowest BCUT2D eigenvalue weighted by atomic mass is 9.85. The Balaban J connectivity index is 1.42. The average Bonchev–Trinajstić information content (AvgIpc) is 3.70. The van der Waals surface area contributed by atoms with Gasteiger partial charge in [-0.2, -0.15) is 4.98 Å². The van der Waals surface area contributed by atoms with Gasteiger partial charge in [-0.05, 0) is 146 Å². The Kier molecular flexibility index (Phi) is 8.94. The van der Waals surface area contributed by atoms with Crippen molar-refractivity contribution in [3.8, 4) is 56.5 Å². The summed E-state index contributed by atoms with van der Waals surface area (Å²) in [5.41, 5.74) is 16.4. The van der Waals surface area contributed by atoms with Crippen LogP contribution in [0.4, 0.5) is 0 Å². The van der Waals surface area contributed by atoms with Crippen molar-refractivity contribution in [1.29, 1.82) is 0 Å². The van der Waals surface area contributed by atoms with Gasteiger partial charge < -0.3 is 14.2 Å². The van der Waals surface area contributed by atoms with Crippen molar-refractivity contribution in [2.75, 3.05) is 0 Å². The van der Waals surface area contributed by atoms with Crippen LogP contribution in [-0.2, 0) is 5.41 Å². The zero-order valence-corrected chi connectivity index (χ0v) is 34.1. The SMILES string of the molecule is Cc1cc(C)c(-c2ccc3c(c2)c2cc(-c4c(C)cc(C)cc4C)ccc2n3-c2cc(C(C)(C)C)cc(-c3noc(-c4c(Cl)cccc4Cl)n3)c2O)c(C)c1. The van der Waals surface area contributed by atoms with Gasteiger partial charge in [0.05, 0.1) is 37.9 Å². The van der Waals surface area contributed by atoms with Gasteiger partial charge in [-0.3, -0.25) is 0 Å². The first-order valence-corrected chi connectivity index (χ1v) is 19.3. The lowest BCUT2D eigenvalue weighted by Crippen LogP contribution is -2.12. The highest BCUT2D eigenvalue weighted by atomic mass is 35.5. The van der Waals surface area contributed by atoms with Gasteiger partial charge >= 0.3 is 0 Å². The fourth-order valence-corrected chi connectivity index (χ4v) is 8.95. The zero-order chi connectivity index (χ0) is 39.1. The normalized spacial score (nSPS) is 12.0. The predicted octanol–water partition coefficient (Wildman–Crippen LogP) is 14.0. The van der Waals surface area contributed by atoms with Gasteiger partial charge in [-0.1, -0.05) is 103 Å². The van der Waals surface area contributed by atoms with Crippen molar-refractivity contribution in [2.24, 2.45) is 0 Å². The van der Waals surface area contributed by atoms with Crippen LogP contribution in [0.5, 0.6) is 5.75 Å². The van der Waals surface area contributed by atoms with Gasteiger partial charge in [0.25, 0.3) is 5.89 Å². The summed E-state index contributed by atoms with van der Waals surface area (Å²) in [6.45, 7) is 19.5. The van der Waals surface area contributed by atoms with Gasteiger partial charge in [0.1, 0.15) is 0 Å². The van der Waals surface area contributed by atoms with Gasteiger partial charge in [-0.25, -0.2) is 0 Å². The molecule has 0 atom stereocenters. The molecule has 0 aliphatic carbocycles. The van der Waals surface area contributed by atoms with Crippen molar-refractivity contribution in [2.45, 2.75) is 67.7 Å². The summed E-state index contributed by atoms with van der Waals surface area (Å²) in [6.07, 6.45) is 0. The number of rotatable bonds is 5. The van der Waals surface area contributed by atoms with Crippen molar-refractivity contribution in [3.63, 3.8) is 0 Å². The van der Waals surface area contributed by atoms with Crippen LogP contribution in [0.1, 0.15) is 59.7 Å². The second-order valence-electron chi connectivity index (χ2n) is 16.0.